The first-order valence-corrected chi connectivity index (χ1v) is 10.7. The molecule has 1 aliphatic carbocycles. The first-order valence-electron chi connectivity index (χ1n) is 9.90. The van der Waals surface area contributed by atoms with E-state index in [9.17, 15) is 9.59 Å². The Labute approximate surface area is 179 Å². The third-order valence-corrected chi connectivity index (χ3v) is 6.20. The molecule has 154 valence electrons. The minimum Gasteiger partial charge on any atom is -0.497 e. The van der Waals surface area contributed by atoms with Gasteiger partial charge in [0.15, 0.2) is 5.13 Å². The van der Waals surface area contributed by atoms with Gasteiger partial charge in [0.25, 0.3) is 5.91 Å². The smallest absolute Gasteiger partial charge is 0.257 e. The van der Waals surface area contributed by atoms with Gasteiger partial charge in [-0.2, -0.15) is 0 Å². The number of nitrogens with one attached hydrogen (secondary N) is 2. The van der Waals surface area contributed by atoms with Gasteiger partial charge in [-0.05, 0) is 49.1 Å². The molecule has 4 rings (SSSR count). The Morgan fingerprint density at radius 2 is 1.90 bits per heavy atom. The van der Waals surface area contributed by atoms with Crippen LogP contribution in [0.4, 0.5) is 5.13 Å². The van der Waals surface area contributed by atoms with Crippen LogP contribution < -0.4 is 15.4 Å². The lowest BCUT2D eigenvalue weighted by Gasteiger charge is -2.20. The molecular weight excluding hydrogens is 398 g/mol. The summed E-state index contributed by atoms with van der Waals surface area (Å²) >= 11 is 1.46. The molecule has 1 aromatic heterocycles. The fourth-order valence-corrected chi connectivity index (χ4v) is 4.60. The normalized spacial score (nSPS) is 15.2. The van der Waals surface area contributed by atoms with Crippen LogP contribution in [0.2, 0.25) is 0 Å². The van der Waals surface area contributed by atoms with Gasteiger partial charge in [-0.15, -0.1) is 11.3 Å². The molecule has 1 heterocycles. The van der Waals surface area contributed by atoms with Crippen molar-refractivity contribution in [1.29, 1.82) is 0 Å². The molecule has 2 amide bonds. The van der Waals surface area contributed by atoms with Gasteiger partial charge in [-0.1, -0.05) is 30.3 Å². The average molecular weight is 422 g/mol. The predicted octanol–water partition coefficient (Wildman–Crippen LogP) is 4.14. The van der Waals surface area contributed by atoms with E-state index in [1.807, 2.05) is 42.5 Å². The van der Waals surface area contributed by atoms with Gasteiger partial charge in [-0.25, -0.2) is 4.98 Å². The topological polar surface area (TPSA) is 80.3 Å². The molecular formula is C23H23N3O3S. The van der Waals surface area contributed by atoms with Crippen molar-refractivity contribution in [3.63, 3.8) is 0 Å². The zero-order valence-corrected chi connectivity index (χ0v) is 17.5. The number of fused-ring (bicyclic) bond motifs is 1. The Hall–Kier alpha value is -3.19. The lowest BCUT2D eigenvalue weighted by molar-refractivity contribution is -0.123. The number of aromatic nitrogens is 1. The number of carbonyl (C=O) groups is 2. The van der Waals surface area contributed by atoms with Gasteiger partial charge in [-0.3, -0.25) is 14.9 Å². The lowest BCUT2D eigenvalue weighted by atomic mass is 9.90. The maximum atomic E-state index is 12.9. The molecule has 0 spiro atoms. The van der Waals surface area contributed by atoms with Crippen molar-refractivity contribution in [2.45, 2.75) is 31.7 Å². The number of thiazole rings is 1. The molecule has 7 heteroatoms. The quantitative estimate of drug-likeness (QED) is 0.627. The zero-order valence-electron chi connectivity index (χ0n) is 16.7. The second kappa shape index (κ2) is 9.09. The van der Waals surface area contributed by atoms with E-state index in [-0.39, 0.29) is 17.7 Å². The van der Waals surface area contributed by atoms with Crippen LogP contribution in [0.15, 0.2) is 54.6 Å². The van der Waals surface area contributed by atoms with Crippen molar-refractivity contribution in [2.75, 3.05) is 12.4 Å². The summed E-state index contributed by atoms with van der Waals surface area (Å²) in [5.74, 6) is 0.278. The third-order valence-electron chi connectivity index (χ3n) is 5.15. The second-order valence-corrected chi connectivity index (χ2v) is 8.24. The number of rotatable bonds is 6. The lowest BCUT2D eigenvalue weighted by Crippen LogP contribution is -2.31. The van der Waals surface area contributed by atoms with Crippen LogP contribution >= 0.6 is 11.3 Å². The summed E-state index contributed by atoms with van der Waals surface area (Å²) in [5.41, 5.74) is 2.38. The van der Waals surface area contributed by atoms with Crippen molar-refractivity contribution in [3.05, 3.63) is 76.3 Å². The van der Waals surface area contributed by atoms with Crippen LogP contribution in [0.3, 0.4) is 0 Å². The molecule has 1 atom stereocenters. The molecule has 1 aliphatic rings. The number of methoxy groups -OCH3 is 1. The Balaban J connectivity index is 1.42. The minimum atomic E-state index is -0.286. The molecule has 0 saturated carbocycles. The van der Waals surface area contributed by atoms with Gasteiger partial charge >= 0.3 is 0 Å². The first kappa shape index (κ1) is 20.1. The Bertz CT molecular complexity index is 1030. The SMILES string of the molecule is COc1ccc(CNC(=O)[C@@H]2CCCc3sc(NC(=O)c4ccccc4)nc32)cc1. The van der Waals surface area contributed by atoms with Crippen LogP contribution in [0.1, 0.15) is 45.3 Å². The summed E-state index contributed by atoms with van der Waals surface area (Å²) in [4.78, 5) is 31.0. The number of ether oxygens (including phenoxy) is 1. The summed E-state index contributed by atoms with van der Waals surface area (Å²) < 4.78 is 5.16. The number of carbonyl (C=O) groups excluding carboxylic acids is 2. The molecule has 0 unspecified atom stereocenters. The van der Waals surface area contributed by atoms with E-state index in [1.165, 1.54) is 11.3 Å². The van der Waals surface area contributed by atoms with Crippen molar-refractivity contribution in [1.82, 2.24) is 10.3 Å². The number of aryl methyl sites for hydroxylation is 1. The van der Waals surface area contributed by atoms with Crippen molar-refractivity contribution < 1.29 is 14.3 Å². The number of benzene rings is 2. The Morgan fingerprint density at radius 3 is 2.63 bits per heavy atom. The van der Waals surface area contributed by atoms with E-state index < -0.39 is 0 Å². The highest BCUT2D eigenvalue weighted by atomic mass is 32.1. The Kier molecular flexibility index (Phi) is 6.09. The monoisotopic (exact) mass is 421 g/mol. The molecule has 3 aromatic rings. The summed E-state index contributed by atoms with van der Waals surface area (Å²) in [6.07, 6.45) is 2.58. The van der Waals surface area contributed by atoms with E-state index >= 15 is 0 Å². The number of hydrogen-bond donors (Lipinski definition) is 2. The van der Waals surface area contributed by atoms with E-state index in [4.69, 9.17) is 4.74 Å². The van der Waals surface area contributed by atoms with Crippen LogP contribution in [0, 0.1) is 0 Å². The zero-order chi connectivity index (χ0) is 20.9. The van der Waals surface area contributed by atoms with Crippen LogP contribution in [0.5, 0.6) is 5.75 Å². The van der Waals surface area contributed by atoms with Crippen molar-refractivity contribution >= 4 is 28.3 Å². The number of amides is 2. The summed E-state index contributed by atoms with van der Waals surface area (Å²) in [7, 11) is 1.63. The second-order valence-electron chi connectivity index (χ2n) is 7.16. The van der Waals surface area contributed by atoms with Crippen molar-refractivity contribution in [2.24, 2.45) is 0 Å². The third kappa shape index (κ3) is 4.52. The predicted molar refractivity (Wildman–Crippen MR) is 117 cm³/mol. The van der Waals surface area contributed by atoms with E-state index in [0.29, 0.717) is 17.2 Å². The van der Waals surface area contributed by atoms with Crippen LogP contribution in [-0.2, 0) is 17.8 Å². The number of anilines is 1. The molecule has 0 saturated heterocycles. The van der Waals surface area contributed by atoms with Gasteiger partial charge in [0.05, 0.1) is 18.7 Å². The molecule has 6 nitrogen and oxygen atoms in total. The standard InChI is InChI=1S/C23H23N3O3S/c1-29-17-12-10-15(11-13-17)14-24-22(28)18-8-5-9-19-20(18)25-23(30-19)26-21(27)16-6-3-2-4-7-16/h2-4,6-7,10-13,18H,5,8-9,14H2,1H3,(H,24,28)(H,25,26,27)/t18-/m1/s1. The molecule has 0 bridgehead atoms. The van der Waals surface area contributed by atoms with Gasteiger partial charge < -0.3 is 10.1 Å². The molecule has 0 fully saturated rings. The van der Waals surface area contributed by atoms with Crippen LogP contribution in [-0.4, -0.2) is 23.9 Å². The highest BCUT2D eigenvalue weighted by molar-refractivity contribution is 7.16. The molecule has 2 aromatic carbocycles. The minimum absolute atomic E-state index is 0.0296. The van der Waals surface area contributed by atoms with E-state index in [2.05, 4.69) is 15.6 Å². The highest BCUT2D eigenvalue weighted by Crippen LogP contribution is 2.37. The van der Waals surface area contributed by atoms with E-state index in [0.717, 1.165) is 41.1 Å². The fraction of sp³-hybridized carbons (Fsp3) is 0.261. The number of hydrogen-bond acceptors (Lipinski definition) is 5. The van der Waals surface area contributed by atoms with Crippen LogP contribution in [0.25, 0.3) is 0 Å². The van der Waals surface area contributed by atoms with E-state index in [1.54, 1.807) is 19.2 Å². The fourth-order valence-electron chi connectivity index (χ4n) is 3.54. The summed E-state index contributed by atoms with van der Waals surface area (Å²) in [6, 6.07) is 16.7. The summed E-state index contributed by atoms with van der Waals surface area (Å²) in [6.45, 7) is 0.455. The maximum Gasteiger partial charge on any atom is 0.257 e. The van der Waals surface area contributed by atoms with Gasteiger partial charge in [0.2, 0.25) is 5.91 Å². The Morgan fingerprint density at radius 1 is 1.13 bits per heavy atom. The molecule has 0 aliphatic heterocycles. The highest BCUT2D eigenvalue weighted by Gasteiger charge is 2.30. The largest absolute Gasteiger partial charge is 0.497 e. The van der Waals surface area contributed by atoms with Gasteiger partial charge in [0, 0.05) is 17.0 Å². The van der Waals surface area contributed by atoms with Gasteiger partial charge in [0.1, 0.15) is 5.75 Å². The first-order chi connectivity index (χ1) is 14.6. The molecule has 0 radical (unpaired) electrons. The average Bonchev–Trinajstić information content (AvgIpc) is 3.20. The molecule has 2 N–H and O–H groups in total. The number of nitrogens with zero attached hydrogens (tertiary/aromatic N) is 1. The maximum absolute atomic E-state index is 12.9. The molecule has 30 heavy (non-hydrogen) atoms. The van der Waals surface area contributed by atoms with Crippen molar-refractivity contribution in [3.8, 4) is 5.75 Å². The summed E-state index contributed by atoms with van der Waals surface area (Å²) in [5, 5.41) is 6.43.